The van der Waals surface area contributed by atoms with Crippen molar-refractivity contribution < 1.29 is 19.1 Å². The van der Waals surface area contributed by atoms with Gasteiger partial charge in [0.05, 0.1) is 0 Å². The van der Waals surface area contributed by atoms with Gasteiger partial charge >= 0.3 is 5.97 Å². The molecule has 1 aromatic rings. The van der Waals surface area contributed by atoms with Crippen LogP contribution in [-0.2, 0) is 25.7 Å². The zero-order chi connectivity index (χ0) is 22.3. The highest BCUT2D eigenvalue weighted by atomic mass is 16.6. The average molecular weight is 417 g/mol. The van der Waals surface area contributed by atoms with Gasteiger partial charge in [0.25, 0.3) is 0 Å². The second kappa shape index (κ2) is 10.7. The number of aldehydes is 1. The van der Waals surface area contributed by atoms with Crippen molar-refractivity contribution in [1.82, 2.24) is 10.2 Å². The van der Waals surface area contributed by atoms with Crippen molar-refractivity contribution in [3.05, 3.63) is 35.9 Å². The molecular weight excluding hydrogens is 380 g/mol. The molecule has 166 valence electrons. The minimum atomic E-state index is -0.582. The number of esters is 1. The third-order valence-corrected chi connectivity index (χ3v) is 5.67. The van der Waals surface area contributed by atoms with Gasteiger partial charge in [0.15, 0.2) is 0 Å². The van der Waals surface area contributed by atoms with Crippen LogP contribution >= 0.6 is 0 Å². The Bertz CT molecular complexity index is 714. The van der Waals surface area contributed by atoms with Crippen LogP contribution in [0.3, 0.4) is 0 Å². The number of nitrogens with zero attached hydrogens (tertiary/aromatic N) is 1. The highest BCUT2D eigenvalue weighted by Gasteiger charge is 2.46. The Morgan fingerprint density at radius 1 is 1.27 bits per heavy atom. The van der Waals surface area contributed by atoms with E-state index in [1.807, 2.05) is 51.1 Å². The fraction of sp³-hybridized carbons (Fsp3) is 0.625. The first kappa shape index (κ1) is 24.1. The maximum Gasteiger partial charge on any atom is 0.323 e. The molecule has 6 heteroatoms. The highest BCUT2D eigenvalue weighted by molar-refractivity contribution is 5.78. The molecule has 0 saturated carbocycles. The molecular formula is C24H36N2O4. The smallest absolute Gasteiger partial charge is 0.323 e. The summed E-state index contributed by atoms with van der Waals surface area (Å²) in [7, 11) is 0. The first-order chi connectivity index (χ1) is 14.1. The first-order valence-corrected chi connectivity index (χ1v) is 10.9. The lowest BCUT2D eigenvalue weighted by atomic mass is 9.90. The maximum atomic E-state index is 13.0. The van der Waals surface area contributed by atoms with Gasteiger partial charge in [-0.3, -0.25) is 14.5 Å². The average Bonchev–Trinajstić information content (AvgIpc) is 3.01. The minimum absolute atomic E-state index is 0.0559. The van der Waals surface area contributed by atoms with Crippen LogP contribution in [0.2, 0.25) is 0 Å². The topological polar surface area (TPSA) is 75.7 Å². The zero-order valence-electron chi connectivity index (χ0n) is 18.9. The number of carbonyl (C=O) groups is 3. The van der Waals surface area contributed by atoms with Gasteiger partial charge in [0.2, 0.25) is 5.91 Å². The molecule has 4 atom stereocenters. The lowest BCUT2D eigenvalue weighted by Crippen LogP contribution is -2.45. The number of amides is 1. The van der Waals surface area contributed by atoms with Gasteiger partial charge in [-0.25, -0.2) is 0 Å². The van der Waals surface area contributed by atoms with E-state index in [0.29, 0.717) is 19.5 Å². The molecule has 1 fully saturated rings. The lowest BCUT2D eigenvalue weighted by Gasteiger charge is -2.33. The number of ether oxygens (including phenoxy) is 1. The van der Waals surface area contributed by atoms with Gasteiger partial charge in [-0.2, -0.15) is 0 Å². The SMILES string of the molecule is CCC(CNC(C)=O)C[C@@H]1[C@H](C=O)C[C@H](C(=O)OC(C)(C)C)N1Cc1ccccc1. The molecule has 1 unspecified atom stereocenters. The molecule has 1 saturated heterocycles. The molecule has 1 amide bonds. The van der Waals surface area contributed by atoms with Crippen molar-refractivity contribution in [2.75, 3.05) is 6.54 Å². The maximum absolute atomic E-state index is 13.0. The fourth-order valence-electron chi connectivity index (χ4n) is 4.13. The fourth-order valence-corrected chi connectivity index (χ4v) is 4.13. The van der Waals surface area contributed by atoms with Crippen molar-refractivity contribution in [1.29, 1.82) is 0 Å². The summed E-state index contributed by atoms with van der Waals surface area (Å²) in [5.74, 6) is -0.336. The Morgan fingerprint density at radius 2 is 1.93 bits per heavy atom. The predicted molar refractivity (Wildman–Crippen MR) is 117 cm³/mol. The molecule has 30 heavy (non-hydrogen) atoms. The van der Waals surface area contributed by atoms with E-state index in [9.17, 15) is 14.4 Å². The van der Waals surface area contributed by atoms with Crippen LogP contribution < -0.4 is 5.32 Å². The van der Waals surface area contributed by atoms with Crippen molar-refractivity contribution in [2.45, 2.75) is 78.1 Å². The van der Waals surface area contributed by atoms with Gasteiger partial charge in [-0.05, 0) is 45.1 Å². The van der Waals surface area contributed by atoms with Crippen molar-refractivity contribution in [3.63, 3.8) is 0 Å². The number of carbonyl (C=O) groups excluding carboxylic acids is 3. The Labute approximate surface area is 180 Å². The molecule has 0 aliphatic carbocycles. The van der Waals surface area contributed by atoms with Crippen molar-refractivity contribution in [3.8, 4) is 0 Å². The van der Waals surface area contributed by atoms with E-state index in [1.165, 1.54) is 6.92 Å². The van der Waals surface area contributed by atoms with Gasteiger partial charge in [-0.1, -0.05) is 43.7 Å². The molecule has 1 aliphatic rings. The summed E-state index contributed by atoms with van der Waals surface area (Å²) in [5.41, 5.74) is 0.513. The van der Waals surface area contributed by atoms with E-state index < -0.39 is 11.6 Å². The van der Waals surface area contributed by atoms with Crippen LogP contribution in [0.4, 0.5) is 0 Å². The lowest BCUT2D eigenvalue weighted by molar-refractivity contribution is -0.161. The largest absolute Gasteiger partial charge is 0.459 e. The van der Waals surface area contributed by atoms with Gasteiger partial charge < -0.3 is 14.8 Å². The van der Waals surface area contributed by atoms with Crippen LogP contribution in [0.25, 0.3) is 0 Å². The Balaban J connectivity index is 2.28. The van der Waals surface area contributed by atoms with Crippen LogP contribution in [0.15, 0.2) is 30.3 Å². The number of hydrogen-bond donors (Lipinski definition) is 1. The number of benzene rings is 1. The Kier molecular flexibility index (Phi) is 8.59. The van der Waals surface area contributed by atoms with Gasteiger partial charge in [0, 0.05) is 32.0 Å². The standard InChI is InChI=1S/C24H36N2O4/c1-6-18(14-25-17(2)28)12-21-20(16-27)13-22(23(29)30-24(3,4)5)26(21)15-19-10-8-7-9-11-19/h7-11,16,18,20-22H,6,12-15H2,1-5H3,(H,25,28)/t18?,20-,21+,22+/m0/s1. The number of hydrogen-bond acceptors (Lipinski definition) is 5. The van der Waals surface area contributed by atoms with Crippen LogP contribution in [-0.4, -0.2) is 47.3 Å². The summed E-state index contributed by atoms with van der Waals surface area (Å²) in [6.07, 6.45) is 3.08. The van der Waals surface area contributed by atoms with Crippen LogP contribution in [0, 0.1) is 11.8 Å². The Hall–Kier alpha value is -2.21. The third-order valence-electron chi connectivity index (χ3n) is 5.67. The van der Waals surface area contributed by atoms with E-state index >= 15 is 0 Å². The molecule has 0 bridgehead atoms. The molecule has 0 spiro atoms. The van der Waals surface area contributed by atoms with E-state index in [-0.39, 0.29) is 29.8 Å². The quantitative estimate of drug-likeness (QED) is 0.494. The van der Waals surface area contributed by atoms with Gasteiger partial charge in [-0.15, -0.1) is 0 Å². The van der Waals surface area contributed by atoms with Gasteiger partial charge in [0.1, 0.15) is 17.9 Å². The molecule has 1 heterocycles. The summed E-state index contributed by atoms with van der Waals surface area (Å²) < 4.78 is 5.69. The van der Waals surface area contributed by atoms with E-state index in [4.69, 9.17) is 4.74 Å². The number of nitrogens with one attached hydrogen (secondary N) is 1. The van der Waals surface area contributed by atoms with Crippen molar-refractivity contribution in [2.24, 2.45) is 11.8 Å². The monoisotopic (exact) mass is 416 g/mol. The minimum Gasteiger partial charge on any atom is -0.459 e. The summed E-state index contributed by atoms with van der Waals surface area (Å²) in [6.45, 7) is 10.3. The third kappa shape index (κ3) is 6.94. The predicted octanol–water partition coefficient (Wildman–Crippen LogP) is 3.34. The summed E-state index contributed by atoms with van der Waals surface area (Å²) >= 11 is 0. The molecule has 1 aliphatic heterocycles. The molecule has 0 aromatic heterocycles. The first-order valence-electron chi connectivity index (χ1n) is 10.9. The second-order valence-corrected chi connectivity index (χ2v) is 9.26. The number of likely N-dealkylation sites (tertiary alicyclic amines) is 1. The van der Waals surface area contributed by atoms with Crippen LogP contribution in [0.5, 0.6) is 0 Å². The Morgan fingerprint density at radius 3 is 2.47 bits per heavy atom. The summed E-state index contributed by atoms with van der Waals surface area (Å²) in [4.78, 5) is 38.5. The van der Waals surface area contributed by atoms with Crippen LogP contribution in [0.1, 0.15) is 59.4 Å². The number of rotatable bonds is 9. The summed E-state index contributed by atoms with van der Waals surface area (Å²) in [6, 6.07) is 9.46. The van der Waals surface area contributed by atoms with E-state index in [2.05, 4.69) is 17.1 Å². The highest BCUT2D eigenvalue weighted by Crippen LogP contribution is 2.36. The molecule has 1 aromatic carbocycles. The molecule has 2 rings (SSSR count). The van der Waals surface area contributed by atoms with E-state index in [0.717, 1.165) is 24.7 Å². The molecule has 6 nitrogen and oxygen atoms in total. The van der Waals surface area contributed by atoms with E-state index in [1.54, 1.807) is 0 Å². The normalized spacial score (nSPS) is 23.0. The second-order valence-electron chi connectivity index (χ2n) is 9.26. The summed E-state index contributed by atoms with van der Waals surface area (Å²) in [5, 5.41) is 2.90. The van der Waals surface area contributed by atoms with Crippen molar-refractivity contribution >= 4 is 18.2 Å². The zero-order valence-corrected chi connectivity index (χ0v) is 18.9. The molecule has 1 N–H and O–H groups in total. The molecule has 0 radical (unpaired) electrons.